The summed E-state index contributed by atoms with van der Waals surface area (Å²) in [6.07, 6.45) is 8.32. The molecule has 0 amide bonds. The molecule has 0 bridgehead atoms. The molecule has 82 valence electrons. The van der Waals surface area contributed by atoms with Crippen molar-refractivity contribution in [1.82, 2.24) is 0 Å². The number of rotatable bonds is 4. The van der Waals surface area contributed by atoms with E-state index in [1.54, 1.807) is 0 Å². The summed E-state index contributed by atoms with van der Waals surface area (Å²) in [6, 6.07) is 0. The fraction of sp³-hybridized carbons (Fsp3) is 0.846. The van der Waals surface area contributed by atoms with Crippen molar-refractivity contribution in [3.8, 4) is 0 Å². The van der Waals surface area contributed by atoms with Crippen molar-refractivity contribution in [2.24, 2.45) is 11.3 Å². The molecule has 0 saturated carbocycles. The van der Waals surface area contributed by atoms with Crippen LogP contribution in [0.15, 0.2) is 11.6 Å². The van der Waals surface area contributed by atoms with Gasteiger partial charge in [0.15, 0.2) is 0 Å². The van der Waals surface area contributed by atoms with Crippen LogP contribution in [-0.4, -0.2) is 11.7 Å². The lowest BCUT2D eigenvalue weighted by Gasteiger charge is -2.38. The summed E-state index contributed by atoms with van der Waals surface area (Å²) in [4.78, 5) is 0. The minimum Gasteiger partial charge on any atom is -0.395 e. The van der Waals surface area contributed by atoms with E-state index in [0.717, 1.165) is 12.3 Å². The molecule has 0 spiro atoms. The molecule has 0 fully saturated rings. The number of aliphatic hydroxyl groups excluding tert-OH is 1. The lowest BCUT2D eigenvalue weighted by atomic mass is 9.68. The van der Waals surface area contributed by atoms with Crippen molar-refractivity contribution in [3.63, 3.8) is 0 Å². The molecule has 1 aliphatic carbocycles. The van der Waals surface area contributed by atoms with Crippen LogP contribution >= 0.6 is 0 Å². The highest BCUT2D eigenvalue weighted by Crippen LogP contribution is 2.42. The standard InChI is InChI=1S/C13H24O/c1-4-11(2)9-13(10-14)8-6-5-7-12(13)3/h7,11,14H,4-6,8-10H2,1-3H3/t11-,13-/m0/s1. The molecule has 1 rings (SSSR count). The van der Waals surface area contributed by atoms with Crippen molar-refractivity contribution in [2.45, 2.75) is 52.9 Å². The van der Waals surface area contributed by atoms with E-state index in [0.29, 0.717) is 6.61 Å². The van der Waals surface area contributed by atoms with Crippen LogP contribution in [0.5, 0.6) is 0 Å². The Kier molecular flexibility index (Phi) is 4.18. The highest BCUT2D eigenvalue weighted by molar-refractivity contribution is 5.15. The first kappa shape index (κ1) is 11.8. The minimum atomic E-state index is 0.119. The van der Waals surface area contributed by atoms with E-state index >= 15 is 0 Å². The fourth-order valence-electron chi connectivity index (χ4n) is 2.52. The van der Waals surface area contributed by atoms with Crippen molar-refractivity contribution < 1.29 is 5.11 Å². The average Bonchev–Trinajstić information content (AvgIpc) is 2.21. The summed E-state index contributed by atoms with van der Waals surface area (Å²) in [5.74, 6) is 0.726. The van der Waals surface area contributed by atoms with Gasteiger partial charge in [-0.15, -0.1) is 0 Å². The molecule has 1 N–H and O–H groups in total. The first-order chi connectivity index (χ1) is 6.64. The number of hydrogen-bond acceptors (Lipinski definition) is 1. The highest BCUT2D eigenvalue weighted by atomic mass is 16.3. The van der Waals surface area contributed by atoms with Crippen LogP contribution in [0, 0.1) is 11.3 Å². The predicted octanol–water partition coefficient (Wildman–Crippen LogP) is 3.53. The third kappa shape index (κ3) is 2.38. The monoisotopic (exact) mass is 196 g/mol. The smallest absolute Gasteiger partial charge is 0.0524 e. The second kappa shape index (κ2) is 4.97. The summed E-state index contributed by atoms with van der Waals surface area (Å²) in [5, 5.41) is 9.62. The fourth-order valence-corrected chi connectivity index (χ4v) is 2.52. The first-order valence-electron chi connectivity index (χ1n) is 5.92. The van der Waals surface area contributed by atoms with Crippen LogP contribution in [0.25, 0.3) is 0 Å². The SMILES string of the molecule is CC[C@H](C)C[C@]1(CO)CCCC=C1C. The van der Waals surface area contributed by atoms with Gasteiger partial charge < -0.3 is 5.11 Å². The Labute approximate surface area is 88.2 Å². The van der Waals surface area contributed by atoms with E-state index in [1.807, 2.05) is 0 Å². The number of aliphatic hydroxyl groups is 1. The topological polar surface area (TPSA) is 20.2 Å². The van der Waals surface area contributed by atoms with Gasteiger partial charge in [-0.3, -0.25) is 0 Å². The molecular formula is C13H24O. The van der Waals surface area contributed by atoms with E-state index in [1.165, 1.54) is 31.3 Å². The van der Waals surface area contributed by atoms with E-state index in [4.69, 9.17) is 0 Å². The molecule has 0 saturated heterocycles. The van der Waals surface area contributed by atoms with Crippen molar-refractivity contribution >= 4 is 0 Å². The Morgan fingerprint density at radius 3 is 2.79 bits per heavy atom. The maximum absolute atomic E-state index is 9.62. The quantitative estimate of drug-likeness (QED) is 0.682. The van der Waals surface area contributed by atoms with Crippen LogP contribution in [-0.2, 0) is 0 Å². The molecule has 0 aliphatic heterocycles. The van der Waals surface area contributed by atoms with E-state index in [2.05, 4.69) is 26.8 Å². The third-order valence-electron chi connectivity index (χ3n) is 3.89. The van der Waals surface area contributed by atoms with Crippen LogP contribution in [0.4, 0.5) is 0 Å². The molecule has 0 unspecified atom stereocenters. The van der Waals surface area contributed by atoms with Gasteiger partial charge >= 0.3 is 0 Å². The van der Waals surface area contributed by atoms with Crippen LogP contribution in [0.2, 0.25) is 0 Å². The van der Waals surface area contributed by atoms with Crippen molar-refractivity contribution in [3.05, 3.63) is 11.6 Å². The van der Waals surface area contributed by atoms with E-state index in [9.17, 15) is 5.11 Å². The van der Waals surface area contributed by atoms with Crippen molar-refractivity contribution in [2.75, 3.05) is 6.61 Å². The molecule has 0 aromatic carbocycles. The number of allylic oxidation sites excluding steroid dienone is 1. The molecule has 1 nitrogen and oxygen atoms in total. The Morgan fingerprint density at radius 2 is 2.29 bits per heavy atom. The largest absolute Gasteiger partial charge is 0.395 e. The molecule has 2 atom stereocenters. The van der Waals surface area contributed by atoms with E-state index in [-0.39, 0.29) is 5.41 Å². The van der Waals surface area contributed by atoms with Gasteiger partial charge in [0.05, 0.1) is 6.61 Å². The third-order valence-corrected chi connectivity index (χ3v) is 3.89. The Hall–Kier alpha value is -0.300. The molecule has 1 aliphatic rings. The average molecular weight is 196 g/mol. The maximum atomic E-state index is 9.62. The Balaban J connectivity index is 2.74. The van der Waals surface area contributed by atoms with Gasteiger partial charge in [-0.25, -0.2) is 0 Å². The molecule has 0 aromatic heterocycles. The molecule has 1 heteroatoms. The van der Waals surface area contributed by atoms with Gasteiger partial charge in [-0.1, -0.05) is 31.9 Å². The first-order valence-corrected chi connectivity index (χ1v) is 5.92. The number of hydrogen-bond donors (Lipinski definition) is 1. The summed E-state index contributed by atoms with van der Waals surface area (Å²) >= 11 is 0. The molecule has 0 aromatic rings. The van der Waals surface area contributed by atoms with Gasteiger partial charge in [0.2, 0.25) is 0 Å². The van der Waals surface area contributed by atoms with Gasteiger partial charge in [0.1, 0.15) is 0 Å². The summed E-state index contributed by atoms with van der Waals surface area (Å²) in [5.41, 5.74) is 1.54. The van der Waals surface area contributed by atoms with Crippen LogP contribution < -0.4 is 0 Å². The molecule has 0 heterocycles. The minimum absolute atomic E-state index is 0.119. The van der Waals surface area contributed by atoms with Gasteiger partial charge in [-0.2, -0.15) is 0 Å². The Bertz CT molecular complexity index is 207. The molecular weight excluding hydrogens is 172 g/mol. The Morgan fingerprint density at radius 1 is 1.57 bits per heavy atom. The second-order valence-corrected chi connectivity index (χ2v) is 4.94. The second-order valence-electron chi connectivity index (χ2n) is 4.94. The van der Waals surface area contributed by atoms with Gasteiger partial charge in [-0.05, 0) is 38.5 Å². The maximum Gasteiger partial charge on any atom is 0.0524 e. The summed E-state index contributed by atoms with van der Waals surface area (Å²) < 4.78 is 0. The lowest BCUT2D eigenvalue weighted by Crippen LogP contribution is -2.31. The molecule has 0 radical (unpaired) electrons. The highest BCUT2D eigenvalue weighted by Gasteiger charge is 2.33. The zero-order valence-electron chi connectivity index (χ0n) is 9.84. The molecule has 14 heavy (non-hydrogen) atoms. The normalized spacial score (nSPS) is 29.9. The predicted molar refractivity (Wildman–Crippen MR) is 61.2 cm³/mol. The summed E-state index contributed by atoms with van der Waals surface area (Å²) in [6.45, 7) is 7.05. The van der Waals surface area contributed by atoms with Crippen LogP contribution in [0.1, 0.15) is 52.9 Å². The zero-order valence-corrected chi connectivity index (χ0v) is 9.84. The van der Waals surface area contributed by atoms with Crippen molar-refractivity contribution in [1.29, 1.82) is 0 Å². The zero-order chi connectivity index (χ0) is 10.6. The lowest BCUT2D eigenvalue weighted by molar-refractivity contribution is 0.114. The summed E-state index contributed by atoms with van der Waals surface area (Å²) in [7, 11) is 0. The van der Waals surface area contributed by atoms with Crippen LogP contribution in [0.3, 0.4) is 0 Å². The van der Waals surface area contributed by atoms with Gasteiger partial charge in [0.25, 0.3) is 0 Å². The van der Waals surface area contributed by atoms with E-state index < -0.39 is 0 Å². The van der Waals surface area contributed by atoms with Gasteiger partial charge in [0, 0.05) is 5.41 Å².